The molecular formula is C28H46N2. The highest BCUT2D eigenvalue weighted by molar-refractivity contribution is 5.52. The number of benzene rings is 1. The molecule has 1 aliphatic rings. The van der Waals surface area contributed by atoms with Crippen molar-refractivity contribution in [3.8, 4) is 0 Å². The zero-order valence-electron chi connectivity index (χ0n) is 20.2. The van der Waals surface area contributed by atoms with Crippen molar-refractivity contribution in [1.29, 1.82) is 0 Å². The first kappa shape index (κ1) is 24.7. The standard InChI is InChI=1S/C28H46N2/c1-5-9-13-22-21-27(28(30)19-17-23(29)18-20-28)26(16-12-8-4)25(15-11-7-3)24(22)14-10-6-2/h17-19,21H,5-16,20,29-30H2,1-4H3. The molecule has 2 nitrogen and oxygen atoms in total. The number of rotatable bonds is 13. The minimum absolute atomic E-state index is 0.433. The molecule has 1 aliphatic carbocycles. The molecule has 0 amide bonds. The Bertz CT molecular complexity index is 729. The van der Waals surface area contributed by atoms with Gasteiger partial charge in [-0.3, -0.25) is 0 Å². The summed E-state index contributed by atoms with van der Waals surface area (Å²) in [7, 11) is 0. The molecule has 1 unspecified atom stereocenters. The Morgan fingerprint density at radius 1 is 0.767 bits per heavy atom. The van der Waals surface area contributed by atoms with Gasteiger partial charge in [0.1, 0.15) is 0 Å². The predicted molar refractivity (Wildman–Crippen MR) is 133 cm³/mol. The number of nitrogens with two attached hydrogens (primary N) is 2. The lowest BCUT2D eigenvalue weighted by atomic mass is 9.75. The van der Waals surface area contributed by atoms with Crippen LogP contribution in [-0.2, 0) is 31.2 Å². The Kier molecular flexibility index (Phi) is 10.2. The van der Waals surface area contributed by atoms with Crippen LogP contribution in [0.5, 0.6) is 0 Å². The van der Waals surface area contributed by atoms with Crippen molar-refractivity contribution in [2.24, 2.45) is 11.5 Å². The van der Waals surface area contributed by atoms with Gasteiger partial charge in [0.25, 0.3) is 0 Å². The summed E-state index contributed by atoms with van der Waals surface area (Å²) in [5, 5.41) is 0. The topological polar surface area (TPSA) is 52.0 Å². The maximum Gasteiger partial charge on any atom is 0.0637 e. The molecule has 0 heterocycles. The van der Waals surface area contributed by atoms with Gasteiger partial charge in [-0.25, -0.2) is 0 Å². The molecule has 0 fully saturated rings. The summed E-state index contributed by atoms with van der Waals surface area (Å²) >= 11 is 0. The van der Waals surface area contributed by atoms with Crippen LogP contribution >= 0.6 is 0 Å². The van der Waals surface area contributed by atoms with E-state index in [-0.39, 0.29) is 0 Å². The van der Waals surface area contributed by atoms with E-state index in [1.54, 1.807) is 22.3 Å². The highest BCUT2D eigenvalue weighted by Crippen LogP contribution is 2.37. The number of aryl methyl sites for hydroxylation is 1. The quantitative estimate of drug-likeness (QED) is 0.367. The second kappa shape index (κ2) is 12.3. The van der Waals surface area contributed by atoms with E-state index >= 15 is 0 Å². The average Bonchev–Trinajstić information content (AvgIpc) is 2.75. The Labute approximate surface area is 186 Å². The molecule has 2 heteroatoms. The lowest BCUT2D eigenvalue weighted by molar-refractivity contribution is 0.549. The second-order valence-electron chi connectivity index (χ2n) is 9.22. The molecule has 4 N–H and O–H groups in total. The zero-order chi connectivity index (χ0) is 22.0. The van der Waals surface area contributed by atoms with Crippen LogP contribution in [0.1, 0.15) is 113 Å². The van der Waals surface area contributed by atoms with Crippen LogP contribution in [0, 0.1) is 0 Å². The van der Waals surface area contributed by atoms with Crippen molar-refractivity contribution in [3.05, 3.63) is 57.8 Å². The molecule has 0 aliphatic heterocycles. The largest absolute Gasteiger partial charge is 0.399 e. The van der Waals surface area contributed by atoms with E-state index in [9.17, 15) is 0 Å². The molecule has 1 atom stereocenters. The van der Waals surface area contributed by atoms with E-state index in [2.05, 4.69) is 45.9 Å². The molecule has 0 saturated carbocycles. The normalized spacial score (nSPS) is 18.6. The monoisotopic (exact) mass is 410 g/mol. The summed E-state index contributed by atoms with van der Waals surface area (Å²) in [4.78, 5) is 0. The van der Waals surface area contributed by atoms with Crippen LogP contribution in [0.3, 0.4) is 0 Å². The maximum absolute atomic E-state index is 7.07. The molecule has 1 aromatic carbocycles. The van der Waals surface area contributed by atoms with E-state index in [1.807, 2.05) is 6.08 Å². The minimum atomic E-state index is -0.433. The smallest absolute Gasteiger partial charge is 0.0637 e. The van der Waals surface area contributed by atoms with Gasteiger partial charge in [0, 0.05) is 5.70 Å². The van der Waals surface area contributed by atoms with Crippen molar-refractivity contribution < 1.29 is 0 Å². The number of hydrogen-bond donors (Lipinski definition) is 2. The molecule has 1 aromatic rings. The van der Waals surface area contributed by atoms with Crippen molar-refractivity contribution in [3.63, 3.8) is 0 Å². The Hall–Kier alpha value is -1.54. The molecule has 0 bridgehead atoms. The lowest BCUT2D eigenvalue weighted by Crippen LogP contribution is -2.37. The molecule has 0 radical (unpaired) electrons. The van der Waals surface area contributed by atoms with Gasteiger partial charge >= 0.3 is 0 Å². The molecule has 0 aromatic heterocycles. The van der Waals surface area contributed by atoms with Crippen molar-refractivity contribution in [2.75, 3.05) is 0 Å². The fraction of sp³-hybridized carbons (Fsp3) is 0.643. The predicted octanol–water partition coefficient (Wildman–Crippen LogP) is 7.01. The SMILES string of the molecule is CCCCc1cc(C2(N)C=CC(N)=CC2)c(CCCC)c(CCCC)c1CCCC. The minimum Gasteiger partial charge on any atom is -0.399 e. The maximum atomic E-state index is 7.07. The third-order valence-corrected chi connectivity index (χ3v) is 6.65. The van der Waals surface area contributed by atoms with Crippen LogP contribution in [0.4, 0.5) is 0 Å². The summed E-state index contributed by atoms with van der Waals surface area (Å²) in [5.41, 5.74) is 21.3. The first-order chi connectivity index (χ1) is 14.5. The third-order valence-electron chi connectivity index (χ3n) is 6.65. The van der Waals surface area contributed by atoms with Crippen LogP contribution < -0.4 is 11.5 Å². The van der Waals surface area contributed by atoms with Gasteiger partial charge < -0.3 is 11.5 Å². The Morgan fingerprint density at radius 2 is 1.30 bits per heavy atom. The van der Waals surface area contributed by atoms with Gasteiger partial charge in [0.05, 0.1) is 5.54 Å². The van der Waals surface area contributed by atoms with Crippen molar-refractivity contribution >= 4 is 0 Å². The van der Waals surface area contributed by atoms with Gasteiger partial charge in [0.15, 0.2) is 0 Å². The first-order valence-corrected chi connectivity index (χ1v) is 12.6. The molecule has 0 spiro atoms. The Balaban J connectivity index is 2.68. The summed E-state index contributed by atoms with van der Waals surface area (Å²) in [6, 6.07) is 2.50. The third kappa shape index (κ3) is 6.23. The second-order valence-corrected chi connectivity index (χ2v) is 9.22. The number of unbranched alkanes of at least 4 members (excludes halogenated alkanes) is 4. The van der Waals surface area contributed by atoms with Gasteiger partial charge in [-0.15, -0.1) is 0 Å². The fourth-order valence-electron chi connectivity index (χ4n) is 4.72. The number of allylic oxidation sites excluding steroid dienone is 1. The van der Waals surface area contributed by atoms with Crippen LogP contribution in [0.15, 0.2) is 30.0 Å². The summed E-state index contributed by atoms with van der Waals surface area (Å²) in [5.74, 6) is 0. The van der Waals surface area contributed by atoms with E-state index in [0.717, 1.165) is 18.5 Å². The van der Waals surface area contributed by atoms with Gasteiger partial charge in [-0.2, -0.15) is 0 Å². The van der Waals surface area contributed by atoms with Crippen LogP contribution in [-0.4, -0.2) is 0 Å². The summed E-state index contributed by atoms with van der Waals surface area (Å²) in [6.07, 6.45) is 21.7. The van der Waals surface area contributed by atoms with Gasteiger partial charge in [0.2, 0.25) is 0 Å². The highest BCUT2D eigenvalue weighted by atomic mass is 14.7. The van der Waals surface area contributed by atoms with Crippen molar-refractivity contribution in [1.82, 2.24) is 0 Å². The highest BCUT2D eigenvalue weighted by Gasteiger charge is 2.30. The molecule has 168 valence electrons. The molecule has 2 rings (SSSR count). The van der Waals surface area contributed by atoms with Crippen LogP contribution in [0.2, 0.25) is 0 Å². The van der Waals surface area contributed by atoms with Crippen molar-refractivity contribution in [2.45, 2.75) is 117 Å². The molecular weight excluding hydrogens is 364 g/mol. The van der Waals surface area contributed by atoms with E-state index in [1.165, 1.54) is 76.2 Å². The zero-order valence-corrected chi connectivity index (χ0v) is 20.2. The van der Waals surface area contributed by atoms with E-state index in [4.69, 9.17) is 11.5 Å². The fourth-order valence-corrected chi connectivity index (χ4v) is 4.72. The van der Waals surface area contributed by atoms with Crippen LogP contribution in [0.25, 0.3) is 0 Å². The van der Waals surface area contributed by atoms with E-state index < -0.39 is 5.54 Å². The average molecular weight is 411 g/mol. The summed E-state index contributed by atoms with van der Waals surface area (Å²) < 4.78 is 0. The lowest BCUT2D eigenvalue weighted by Gasteiger charge is -2.34. The first-order valence-electron chi connectivity index (χ1n) is 12.6. The molecule has 0 saturated heterocycles. The van der Waals surface area contributed by atoms with Gasteiger partial charge in [-0.05, 0) is 91.7 Å². The number of hydrogen-bond acceptors (Lipinski definition) is 2. The molecule has 30 heavy (non-hydrogen) atoms. The van der Waals surface area contributed by atoms with E-state index in [0.29, 0.717) is 0 Å². The Morgan fingerprint density at radius 3 is 1.83 bits per heavy atom. The summed E-state index contributed by atoms with van der Waals surface area (Å²) in [6.45, 7) is 9.20. The van der Waals surface area contributed by atoms with Gasteiger partial charge in [-0.1, -0.05) is 71.6 Å².